The van der Waals surface area contributed by atoms with Crippen LogP contribution in [0.1, 0.15) is 26.3 Å². The molecule has 3 heteroatoms. The first-order chi connectivity index (χ1) is 6.16. The van der Waals surface area contributed by atoms with Crippen molar-refractivity contribution in [2.45, 2.75) is 34.2 Å². The molecule has 0 saturated carbocycles. The van der Waals surface area contributed by atoms with Gasteiger partial charge in [0, 0.05) is 12.7 Å². The minimum Gasteiger partial charge on any atom is -0.315 e. The van der Waals surface area contributed by atoms with Gasteiger partial charge in [-0.05, 0) is 19.9 Å². The normalized spacial score (nSPS) is 9.00. The van der Waals surface area contributed by atoms with E-state index in [1.54, 1.807) is 0 Å². The van der Waals surface area contributed by atoms with Crippen LogP contribution in [-0.4, -0.2) is 4.57 Å². The van der Waals surface area contributed by atoms with E-state index in [2.05, 4.69) is 0 Å². The average molecular weight is 185 g/mol. The maximum absolute atomic E-state index is 12.7. The van der Waals surface area contributed by atoms with Crippen molar-refractivity contribution in [3.63, 3.8) is 0 Å². The van der Waals surface area contributed by atoms with Gasteiger partial charge in [-0.1, -0.05) is 13.8 Å². The minimum absolute atomic E-state index is 0.189. The highest BCUT2D eigenvalue weighted by atomic mass is 19.1. The van der Waals surface area contributed by atoms with Crippen LogP contribution in [0.5, 0.6) is 0 Å². The molecule has 0 atom stereocenters. The number of halogens is 1. The Balaban J connectivity index is 0.000000671. The van der Waals surface area contributed by atoms with Crippen LogP contribution in [0.15, 0.2) is 17.1 Å². The number of aromatic nitrogens is 1. The van der Waals surface area contributed by atoms with E-state index in [0.717, 1.165) is 0 Å². The van der Waals surface area contributed by atoms with E-state index in [1.807, 2.05) is 20.8 Å². The summed E-state index contributed by atoms with van der Waals surface area (Å²) in [6, 6.07) is 1.31. The van der Waals surface area contributed by atoms with Crippen molar-refractivity contribution in [3.8, 4) is 0 Å². The van der Waals surface area contributed by atoms with Crippen molar-refractivity contribution in [1.82, 2.24) is 4.57 Å². The molecular formula is C10H16FNO. The van der Waals surface area contributed by atoms with Gasteiger partial charge in [-0.2, -0.15) is 0 Å². The number of hydrogen-bond donors (Lipinski definition) is 0. The quantitative estimate of drug-likeness (QED) is 0.658. The minimum atomic E-state index is -0.431. The van der Waals surface area contributed by atoms with Crippen LogP contribution in [0.25, 0.3) is 0 Å². The smallest absolute Gasteiger partial charge is 0.256 e. The van der Waals surface area contributed by atoms with Crippen LogP contribution >= 0.6 is 0 Å². The first kappa shape index (κ1) is 11.9. The molecule has 74 valence electrons. The molecule has 2 nitrogen and oxygen atoms in total. The number of hydrogen-bond acceptors (Lipinski definition) is 1. The second-order valence-corrected chi connectivity index (χ2v) is 2.38. The van der Waals surface area contributed by atoms with E-state index in [-0.39, 0.29) is 11.1 Å². The summed E-state index contributed by atoms with van der Waals surface area (Å²) in [5.41, 5.74) is -0.0538. The molecule has 0 spiro atoms. The third kappa shape index (κ3) is 2.68. The summed E-state index contributed by atoms with van der Waals surface area (Å²) in [5, 5.41) is 0. The van der Waals surface area contributed by atoms with Crippen molar-refractivity contribution >= 4 is 0 Å². The lowest BCUT2D eigenvalue weighted by Crippen LogP contribution is -2.21. The van der Waals surface area contributed by atoms with Gasteiger partial charge in [0.15, 0.2) is 0 Å². The van der Waals surface area contributed by atoms with Gasteiger partial charge >= 0.3 is 0 Å². The molecule has 13 heavy (non-hydrogen) atoms. The van der Waals surface area contributed by atoms with Gasteiger partial charge in [0.25, 0.3) is 5.56 Å². The van der Waals surface area contributed by atoms with Crippen molar-refractivity contribution in [1.29, 1.82) is 0 Å². The standard InChI is InChI=1S/C8H10FNO.C2H6/c1-3-10-5-4-7(9)6(2)8(10)11;1-2/h4-5H,3H2,1-2H3;1-2H3. The fraction of sp³-hybridized carbons (Fsp3) is 0.500. The lowest BCUT2D eigenvalue weighted by atomic mass is 10.3. The molecule has 1 aromatic rings. The van der Waals surface area contributed by atoms with Gasteiger partial charge in [-0.25, -0.2) is 4.39 Å². The molecule has 0 saturated heterocycles. The highest BCUT2D eigenvalue weighted by Crippen LogP contribution is 1.97. The van der Waals surface area contributed by atoms with E-state index in [4.69, 9.17) is 0 Å². The molecule has 0 aromatic carbocycles. The lowest BCUT2D eigenvalue weighted by molar-refractivity contribution is 0.596. The summed E-state index contributed by atoms with van der Waals surface area (Å²) in [4.78, 5) is 11.1. The number of nitrogens with zero attached hydrogens (tertiary/aromatic N) is 1. The highest BCUT2D eigenvalue weighted by Gasteiger charge is 2.02. The second kappa shape index (κ2) is 5.51. The van der Waals surface area contributed by atoms with Crippen molar-refractivity contribution in [2.75, 3.05) is 0 Å². The van der Waals surface area contributed by atoms with Crippen molar-refractivity contribution < 1.29 is 4.39 Å². The second-order valence-electron chi connectivity index (χ2n) is 2.38. The van der Waals surface area contributed by atoms with Crippen LogP contribution in [0, 0.1) is 12.7 Å². The van der Waals surface area contributed by atoms with Crippen LogP contribution < -0.4 is 5.56 Å². The maximum atomic E-state index is 12.7. The summed E-state index contributed by atoms with van der Waals surface area (Å²) in [6.07, 6.45) is 1.46. The van der Waals surface area contributed by atoms with E-state index in [1.165, 1.54) is 23.8 Å². The van der Waals surface area contributed by atoms with Gasteiger partial charge in [-0.15, -0.1) is 0 Å². The number of rotatable bonds is 1. The Morgan fingerprint density at radius 2 is 2.00 bits per heavy atom. The first-order valence-electron chi connectivity index (χ1n) is 4.52. The fourth-order valence-corrected chi connectivity index (χ4v) is 0.915. The molecule has 0 amide bonds. The third-order valence-corrected chi connectivity index (χ3v) is 1.68. The van der Waals surface area contributed by atoms with Crippen LogP contribution in [0.2, 0.25) is 0 Å². The predicted octanol–water partition coefficient (Wildman–Crippen LogP) is 2.34. The molecule has 0 aliphatic rings. The summed E-state index contributed by atoms with van der Waals surface area (Å²) < 4.78 is 14.2. The van der Waals surface area contributed by atoms with Gasteiger partial charge in [0.2, 0.25) is 0 Å². The van der Waals surface area contributed by atoms with Crippen LogP contribution in [-0.2, 0) is 6.54 Å². The van der Waals surface area contributed by atoms with E-state index in [0.29, 0.717) is 6.54 Å². The Bertz CT molecular complexity index is 317. The summed E-state index contributed by atoms with van der Waals surface area (Å²) >= 11 is 0. The molecule has 0 aliphatic carbocycles. The van der Waals surface area contributed by atoms with Crippen LogP contribution in [0.4, 0.5) is 4.39 Å². The van der Waals surface area contributed by atoms with E-state index in [9.17, 15) is 9.18 Å². The number of pyridine rings is 1. The molecule has 1 aromatic heterocycles. The zero-order chi connectivity index (χ0) is 10.4. The van der Waals surface area contributed by atoms with Gasteiger partial charge in [0.05, 0.1) is 5.56 Å². The summed E-state index contributed by atoms with van der Waals surface area (Å²) in [6.45, 7) is 7.92. The Labute approximate surface area is 78.0 Å². The summed E-state index contributed by atoms with van der Waals surface area (Å²) in [5.74, 6) is -0.431. The molecule has 1 heterocycles. The van der Waals surface area contributed by atoms with Gasteiger partial charge in [-0.3, -0.25) is 4.79 Å². The van der Waals surface area contributed by atoms with Gasteiger partial charge in [0.1, 0.15) is 5.82 Å². The molecule has 0 N–H and O–H groups in total. The molecule has 0 fully saturated rings. The zero-order valence-electron chi connectivity index (χ0n) is 8.60. The average Bonchev–Trinajstić information content (AvgIpc) is 2.18. The Morgan fingerprint density at radius 1 is 1.46 bits per heavy atom. The van der Waals surface area contributed by atoms with E-state index >= 15 is 0 Å². The topological polar surface area (TPSA) is 22.0 Å². The lowest BCUT2D eigenvalue weighted by Gasteiger charge is -2.01. The molecule has 0 aliphatic heterocycles. The Hall–Kier alpha value is -1.12. The van der Waals surface area contributed by atoms with Crippen molar-refractivity contribution in [2.24, 2.45) is 0 Å². The molecule has 0 unspecified atom stereocenters. The Morgan fingerprint density at radius 3 is 2.46 bits per heavy atom. The summed E-state index contributed by atoms with van der Waals surface area (Å²) in [7, 11) is 0. The molecule has 0 bridgehead atoms. The highest BCUT2D eigenvalue weighted by molar-refractivity contribution is 5.10. The first-order valence-corrected chi connectivity index (χ1v) is 4.52. The van der Waals surface area contributed by atoms with E-state index < -0.39 is 5.82 Å². The van der Waals surface area contributed by atoms with Gasteiger partial charge < -0.3 is 4.57 Å². The van der Waals surface area contributed by atoms with Crippen molar-refractivity contribution in [3.05, 3.63) is 34.0 Å². The largest absolute Gasteiger partial charge is 0.315 e. The third-order valence-electron chi connectivity index (χ3n) is 1.68. The fourth-order valence-electron chi connectivity index (χ4n) is 0.915. The predicted molar refractivity (Wildman–Crippen MR) is 52.4 cm³/mol. The SMILES string of the molecule is CC.CCn1ccc(F)c(C)c1=O. The zero-order valence-corrected chi connectivity index (χ0v) is 8.60. The molecule has 0 radical (unpaired) electrons. The maximum Gasteiger partial charge on any atom is 0.256 e. The molecule has 1 rings (SSSR count). The van der Waals surface area contributed by atoms with Crippen LogP contribution in [0.3, 0.4) is 0 Å². The monoisotopic (exact) mass is 185 g/mol. The number of aryl methyl sites for hydroxylation is 1. The molecular weight excluding hydrogens is 169 g/mol. The Kier molecular flexibility index (Phi) is 5.04.